The Morgan fingerprint density at radius 3 is 2.83 bits per heavy atom. The van der Waals surface area contributed by atoms with Crippen LogP contribution in [0.15, 0.2) is 18.2 Å². The monoisotopic (exact) mass is 168 g/mol. The number of aromatic nitrogens is 1. The van der Waals surface area contributed by atoms with Crippen molar-refractivity contribution in [3.63, 3.8) is 0 Å². The second kappa shape index (κ2) is 4.04. The number of hydrogen-bond donors (Lipinski definition) is 1. The minimum Gasteiger partial charge on any atom is -0.370 e. The summed E-state index contributed by atoms with van der Waals surface area (Å²) in [5.41, 5.74) is 0. The van der Waals surface area contributed by atoms with Crippen molar-refractivity contribution in [1.29, 1.82) is 0 Å². The lowest BCUT2D eigenvalue weighted by Crippen LogP contribution is -2.09. The molecular weight excluding hydrogens is 155 g/mol. The number of nitrogens with one attached hydrogen (secondary N) is 1. The predicted molar refractivity (Wildman–Crippen MR) is 47.5 cm³/mol. The summed E-state index contributed by atoms with van der Waals surface area (Å²) >= 11 is 0. The number of anilines is 1. The summed E-state index contributed by atoms with van der Waals surface area (Å²) in [4.78, 5) is 3.67. The van der Waals surface area contributed by atoms with E-state index in [4.69, 9.17) is 0 Å². The first-order valence-electron chi connectivity index (χ1n) is 4.05. The van der Waals surface area contributed by atoms with Crippen molar-refractivity contribution in [3.05, 3.63) is 24.1 Å². The Labute approximate surface area is 71.8 Å². The SMILES string of the molecule is CC(C)CNc1cccc(F)n1. The molecule has 0 radical (unpaired) electrons. The third-order valence-electron chi connectivity index (χ3n) is 1.41. The summed E-state index contributed by atoms with van der Waals surface area (Å²) in [7, 11) is 0. The molecule has 1 rings (SSSR count). The normalized spacial score (nSPS) is 10.3. The van der Waals surface area contributed by atoms with E-state index in [2.05, 4.69) is 24.1 Å². The number of halogens is 1. The van der Waals surface area contributed by atoms with E-state index in [1.165, 1.54) is 6.07 Å². The van der Waals surface area contributed by atoms with E-state index in [-0.39, 0.29) is 0 Å². The van der Waals surface area contributed by atoms with Crippen LogP contribution in [0.1, 0.15) is 13.8 Å². The molecule has 1 aromatic heterocycles. The number of pyridine rings is 1. The molecular formula is C9H13FN2. The van der Waals surface area contributed by atoms with E-state index in [1.807, 2.05) is 0 Å². The number of hydrogen-bond acceptors (Lipinski definition) is 2. The quantitative estimate of drug-likeness (QED) is 0.700. The van der Waals surface area contributed by atoms with Crippen LogP contribution in [0, 0.1) is 11.9 Å². The first kappa shape index (κ1) is 8.97. The van der Waals surface area contributed by atoms with E-state index >= 15 is 0 Å². The second-order valence-electron chi connectivity index (χ2n) is 3.12. The molecule has 3 heteroatoms. The average Bonchev–Trinajstić information content (AvgIpc) is 2.01. The minimum atomic E-state index is -0.441. The van der Waals surface area contributed by atoms with Crippen LogP contribution in [-0.4, -0.2) is 11.5 Å². The van der Waals surface area contributed by atoms with Gasteiger partial charge in [0.1, 0.15) is 5.82 Å². The van der Waals surface area contributed by atoms with Gasteiger partial charge in [0.2, 0.25) is 5.95 Å². The van der Waals surface area contributed by atoms with Crippen molar-refractivity contribution < 1.29 is 4.39 Å². The van der Waals surface area contributed by atoms with Crippen LogP contribution in [0.3, 0.4) is 0 Å². The largest absolute Gasteiger partial charge is 0.370 e. The fraction of sp³-hybridized carbons (Fsp3) is 0.444. The summed E-state index contributed by atoms with van der Waals surface area (Å²) in [5, 5.41) is 3.03. The van der Waals surface area contributed by atoms with Crippen LogP contribution < -0.4 is 5.32 Å². The predicted octanol–water partition coefficient (Wildman–Crippen LogP) is 2.29. The molecule has 0 spiro atoms. The Hall–Kier alpha value is -1.12. The summed E-state index contributed by atoms with van der Waals surface area (Å²) in [6.45, 7) is 5.00. The molecule has 0 aliphatic heterocycles. The Morgan fingerprint density at radius 2 is 2.25 bits per heavy atom. The van der Waals surface area contributed by atoms with Crippen molar-refractivity contribution >= 4 is 5.82 Å². The molecule has 1 N–H and O–H groups in total. The van der Waals surface area contributed by atoms with Crippen LogP contribution in [0.5, 0.6) is 0 Å². The Balaban J connectivity index is 2.52. The van der Waals surface area contributed by atoms with Crippen molar-refractivity contribution in [1.82, 2.24) is 4.98 Å². The third kappa shape index (κ3) is 2.86. The van der Waals surface area contributed by atoms with Crippen LogP contribution in [0.4, 0.5) is 10.2 Å². The van der Waals surface area contributed by atoms with E-state index in [1.54, 1.807) is 12.1 Å². The maximum absolute atomic E-state index is 12.5. The summed E-state index contributed by atoms with van der Waals surface area (Å²) in [6, 6.07) is 4.73. The molecule has 0 bridgehead atoms. The molecule has 2 nitrogen and oxygen atoms in total. The van der Waals surface area contributed by atoms with Crippen molar-refractivity contribution in [2.45, 2.75) is 13.8 Å². The molecule has 0 saturated heterocycles. The van der Waals surface area contributed by atoms with Gasteiger partial charge < -0.3 is 5.32 Å². The maximum Gasteiger partial charge on any atom is 0.214 e. The zero-order chi connectivity index (χ0) is 8.97. The smallest absolute Gasteiger partial charge is 0.214 e. The van der Waals surface area contributed by atoms with E-state index in [9.17, 15) is 4.39 Å². The van der Waals surface area contributed by atoms with Gasteiger partial charge in [-0.15, -0.1) is 0 Å². The fourth-order valence-corrected chi connectivity index (χ4v) is 0.815. The topological polar surface area (TPSA) is 24.9 Å². The number of rotatable bonds is 3. The van der Waals surface area contributed by atoms with Gasteiger partial charge in [0.05, 0.1) is 0 Å². The molecule has 66 valence electrons. The summed E-state index contributed by atoms with van der Waals surface area (Å²) in [5.74, 6) is 0.697. The van der Waals surface area contributed by atoms with Crippen molar-refractivity contribution in [2.75, 3.05) is 11.9 Å². The van der Waals surface area contributed by atoms with E-state index < -0.39 is 5.95 Å². The van der Waals surface area contributed by atoms with Crippen LogP contribution >= 0.6 is 0 Å². The highest BCUT2D eigenvalue weighted by Crippen LogP contribution is 2.04. The van der Waals surface area contributed by atoms with E-state index in [0.29, 0.717) is 11.7 Å². The van der Waals surface area contributed by atoms with Gasteiger partial charge in [0.15, 0.2) is 0 Å². The van der Waals surface area contributed by atoms with Gasteiger partial charge in [0, 0.05) is 6.54 Å². The van der Waals surface area contributed by atoms with Gasteiger partial charge in [0.25, 0.3) is 0 Å². The molecule has 0 aromatic carbocycles. The average molecular weight is 168 g/mol. The molecule has 0 atom stereocenters. The molecule has 0 fully saturated rings. The maximum atomic E-state index is 12.5. The van der Waals surface area contributed by atoms with Crippen LogP contribution in [0.25, 0.3) is 0 Å². The lowest BCUT2D eigenvalue weighted by molar-refractivity contribution is 0.583. The second-order valence-corrected chi connectivity index (χ2v) is 3.12. The van der Waals surface area contributed by atoms with E-state index in [0.717, 1.165) is 6.54 Å². The Bertz CT molecular complexity index is 248. The van der Waals surface area contributed by atoms with Gasteiger partial charge in [-0.2, -0.15) is 4.39 Å². The molecule has 12 heavy (non-hydrogen) atoms. The Kier molecular flexibility index (Phi) is 3.02. The first-order valence-corrected chi connectivity index (χ1v) is 4.05. The highest BCUT2D eigenvalue weighted by Gasteiger charge is 1.96. The molecule has 0 amide bonds. The standard InChI is InChI=1S/C9H13FN2/c1-7(2)6-11-9-5-3-4-8(10)12-9/h3-5,7H,6H2,1-2H3,(H,11,12). The zero-order valence-electron chi connectivity index (χ0n) is 7.34. The lowest BCUT2D eigenvalue weighted by atomic mass is 10.2. The first-order chi connectivity index (χ1) is 5.68. The van der Waals surface area contributed by atoms with Gasteiger partial charge in [-0.25, -0.2) is 4.98 Å². The van der Waals surface area contributed by atoms with Crippen LogP contribution in [-0.2, 0) is 0 Å². The summed E-state index contributed by atoms with van der Waals surface area (Å²) in [6.07, 6.45) is 0. The zero-order valence-corrected chi connectivity index (χ0v) is 7.34. The number of nitrogens with zero attached hydrogens (tertiary/aromatic N) is 1. The fourth-order valence-electron chi connectivity index (χ4n) is 0.815. The molecule has 0 aliphatic rings. The van der Waals surface area contributed by atoms with Gasteiger partial charge in [-0.1, -0.05) is 19.9 Å². The van der Waals surface area contributed by atoms with Gasteiger partial charge in [-0.05, 0) is 18.1 Å². The summed E-state index contributed by atoms with van der Waals surface area (Å²) < 4.78 is 12.5. The molecule has 0 aliphatic carbocycles. The molecule has 1 aromatic rings. The van der Waals surface area contributed by atoms with Crippen molar-refractivity contribution in [3.8, 4) is 0 Å². The Morgan fingerprint density at radius 1 is 1.50 bits per heavy atom. The molecule has 1 heterocycles. The van der Waals surface area contributed by atoms with Gasteiger partial charge in [-0.3, -0.25) is 0 Å². The van der Waals surface area contributed by atoms with Crippen molar-refractivity contribution in [2.24, 2.45) is 5.92 Å². The molecule has 0 unspecified atom stereocenters. The minimum absolute atomic E-state index is 0.441. The lowest BCUT2D eigenvalue weighted by Gasteiger charge is -2.06. The highest BCUT2D eigenvalue weighted by molar-refractivity contribution is 5.33. The molecule has 0 saturated carbocycles. The van der Waals surface area contributed by atoms with Crippen LogP contribution in [0.2, 0.25) is 0 Å². The van der Waals surface area contributed by atoms with Gasteiger partial charge >= 0.3 is 0 Å². The third-order valence-corrected chi connectivity index (χ3v) is 1.41. The highest BCUT2D eigenvalue weighted by atomic mass is 19.1.